The van der Waals surface area contributed by atoms with Gasteiger partial charge >= 0.3 is 0 Å². The maximum Gasteiger partial charge on any atom is 0.220 e. The van der Waals surface area contributed by atoms with Crippen LogP contribution in [0.2, 0.25) is 5.02 Å². The molecule has 6 rings (SSSR count). The van der Waals surface area contributed by atoms with Crippen LogP contribution in [0.3, 0.4) is 0 Å². The lowest BCUT2D eigenvalue weighted by Gasteiger charge is -2.17. The summed E-state index contributed by atoms with van der Waals surface area (Å²) in [5.74, 6) is 2.00. The highest BCUT2D eigenvalue weighted by Gasteiger charge is 2.21. The van der Waals surface area contributed by atoms with Gasteiger partial charge in [0, 0.05) is 54.1 Å². The molecule has 1 fully saturated rings. The first kappa shape index (κ1) is 29.5. The Morgan fingerprint density at radius 3 is 2.61 bits per heavy atom. The van der Waals surface area contributed by atoms with Gasteiger partial charge < -0.3 is 20.7 Å². The molecule has 44 heavy (non-hydrogen) atoms. The minimum absolute atomic E-state index is 0.113. The molecular weight excluding hydrogens is 574 g/mol. The topological polar surface area (TPSA) is 114 Å². The highest BCUT2D eigenvalue weighted by Crippen LogP contribution is 2.40. The molecule has 3 aromatic heterocycles. The monoisotopic (exact) mass is 607 g/mol. The minimum Gasteiger partial charge on any atom is -0.478 e. The molecule has 9 nitrogen and oxygen atoms in total. The number of hydrogen-bond acceptors (Lipinski definition) is 8. The highest BCUT2D eigenvalue weighted by atomic mass is 35.5. The van der Waals surface area contributed by atoms with Crippen molar-refractivity contribution in [2.45, 2.75) is 46.2 Å². The number of fused-ring (bicyclic) bond motifs is 1. The van der Waals surface area contributed by atoms with Gasteiger partial charge in [0.05, 0.1) is 22.8 Å². The number of anilines is 2. The van der Waals surface area contributed by atoms with Gasteiger partial charge in [0.15, 0.2) is 5.82 Å². The Labute approximate surface area is 261 Å². The highest BCUT2D eigenvalue weighted by molar-refractivity contribution is 6.36. The van der Waals surface area contributed by atoms with Gasteiger partial charge in [0.2, 0.25) is 11.8 Å². The second-order valence-electron chi connectivity index (χ2n) is 10.8. The number of carbonyl (C=O) groups excluding carboxylic acids is 1. The number of rotatable bonds is 10. The number of amides is 1. The molecule has 0 spiro atoms. The van der Waals surface area contributed by atoms with Crippen molar-refractivity contribution >= 4 is 40.0 Å². The fraction of sp³-hybridized carbons (Fsp3) is 0.265. The first-order valence-electron chi connectivity index (χ1n) is 14.8. The number of ether oxygens (including phenoxy) is 1. The maximum atomic E-state index is 11.5. The molecule has 2 aromatic carbocycles. The summed E-state index contributed by atoms with van der Waals surface area (Å²) in [6.07, 6.45) is 3.18. The first-order chi connectivity index (χ1) is 21.4. The zero-order chi connectivity index (χ0) is 30.6. The molecule has 1 amide bonds. The number of halogens is 1. The van der Waals surface area contributed by atoms with E-state index in [-0.39, 0.29) is 11.9 Å². The van der Waals surface area contributed by atoms with E-state index in [1.807, 2.05) is 68.4 Å². The van der Waals surface area contributed by atoms with E-state index in [4.69, 9.17) is 21.3 Å². The van der Waals surface area contributed by atoms with Crippen molar-refractivity contribution in [1.82, 2.24) is 30.6 Å². The number of nitrogens with one attached hydrogen (secondary N) is 3. The van der Waals surface area contributed by atoms with E-state index < -0.39 is 0 Å². The molecule has 5 aromatic rings. The molecule has 1 atom stereocenters. The third kappa shape index (κ3) is 6.20. The van der Waals surface area contributed by atoms with Gasteiger partial charge in [-0.25, -0.2) is 15.0 Å². The first-order valence-corrected chi connectivity index (χ1v) is 15.2. The van der Waals surface area contributed by atoms with Crippen LogP contribution in [-0.2, 0) is 11.3 Å². The van der Waals surface area contributed by atoms with E-state index in [2.05, 4.69) is 43.9 Å². The quantitative estimate of drug-likeness (QED) is 0.164. The van der Waals surface area contributed by atoms with E-state index in [1.165, 1.54) is 0 Å². The Bertz CT molecular complexity index is 1850. The lowest BCUT2D eigenvalue weighted by Crippen LogP contribution is -2.35. The largest absolute Gasteiger partial charge is 0.478 e. The molecule has 0 aliphatic carbocycles. The standard InChI is InChI=1S/C34H34ClN7O2/c1-4-44-34-22(18-36-19-23-14-16-30(43)40-23)13-15-28(42-34)26-10-5-9-25(31(26)35)24-8-6-11-27(20(24)2)41-33-32-29(12-7-17-37-32)38-21(3)39-33/h5-13,15,17,23,36H,4,14,16,18-19H2,1-3H3,(H,40,43)(H,38,39,41). The molecule has 1 aliphatic heterocycles. The zero-order valence-corrected chi connectivity index (χ0v) is 25.7. The lowest BCUT2D eigenvalue weighted by atomic mass is 9.96. The van der Waals surface area contributed by atoms with E-state index in [9.17, 15) is 4.79 Å². The molecule has 4 heterocycles. The summed E-state index contributed by atoms with van der Waals surface area (Å²) < 4.78 is 5.94. The molecule has 0 bridgehead atoms. The summed E-state index contributed by atoms with van der Waals surface area (Å²) in [5.41, 5.74) is 7.81. The van der Waals surface area contributed by atoms with Crippen molar-refractivity contribution in [2.75, 3.05) is 18.5 Å². The molecular formula is C34H34ClN7O2. The van der Waals surface area contributed by atoms with Gasteiger partial charge in [0.25, 0.3) is 0 Å². The third-order valence-corrected chi connectivity index (χ3v) is 8.14. The Balaban J connectivity index is 1.28. The summed E-state index contributed by atoms with van der Waals surface area (Å²) in [5, 5.41) is 10.5. The average molecular weight is 608 g/mol. The van der Waals surface area contributed by atoms with Gasteiger partial charge in [-0.2, -0.15) is 0 Å². The van der Waals surface area contributed by atoms with E-state index in [1.54, 1.807) is 6.20 Å². The Kier molecular flexibility index (Phi) is 8.67. The number of pyridine rings is 2. The van der Waals surface area contributed by atoms with Crippen LogP contribution in [0.4, 0.5) is 11.5 Å². The predicted molar refractivity (Wildman–Crippen MR) is 174 cm³/mol. The van der Waals surface area contributed by atoms with Crippen LogP contribution in [0.1, 0.15) is 36.7 Å². The lowest BCUT2D eigenvalue weighted by molar-refractivity contribution is -0.119. The van der Waals surface area contributed by atoms with Crippen LogP contribution in [0.25, 0.3) is 33.4 Å². The van der Waals surface area contributed by atoms with Crippen LogP contribution in [0, 0.1) is 13.8 Å². The normalized spacial score (nSPS) is 14.5. The van der Waals surface area contributed by atoms with Crippen molar-refractivity contribution in [3.63, 3.8) is 0 Å². The summed E-state index contributed by atoms with van der Waals surface area (Å²) in [6, 6.07) is 20.0. The van der Waals surface area contributed by atoms with E-state index in [0.717, 1.165) is 51.1 Å². The molecule has 1 unspecified atom stereocenters. The van der Waals surface area contributed by atoms with Gasteiger partial charge in [-0.3, -0.25) is 9.78 Å². The third-order valence-electron chi connectivity index (χ3n) is 7.73. The SMILES string of the molecule is CCOc1nc(-c2cccc(-c3cccc(Nc4nc(C)nc5cccnc45)c3C)c2Cl)ccc1CNCC1CCC(=O)N1. The molecule has 0 radical (unpaired) electrons. The number of carbonyl (C=O) groups is 1. The van der Waals surface area contributed by atoms with Crippen molar-refractivity contribution in [3.05, 3.63) is 88.8 Å². The van der Waals surface area contributed by atoms with E-state index in [0.29, 0.717) is 54.2 Å². The molecule has 1 aliphatic rings. The van der Waals surface area contributed by atoms with Crippen LogP contribution in [0.5, 0.6) is 5.88 Å². The summed E-state index contributed by atoms with van der Waals surface area (Å²) in [7, 11) is 0. The van der Waals surface area contributed by atoms with Crippen molar-refractivity contribution in [2.24, 2.45) is 0 Å². The Morgan fingerprint density at radius 2 is 1.80 bits per heavy atom. The van der Waals surface area contributed by atoms with Gasteiger partial charge in [-0.1, -0.05) is 48.0 Å². The smallest absolute Gasteiger partial charge is 0.220 e. The summed E-state index contributed by atoms with van der Waals surface area (Å²) in [6.45, 7) is 7.65. The molecule has 3 N–H and O–H groups in total. The van der Waals surface area contributed by atoms with Gasteiger partial charge in [0.1, 0.15) is 11.3 Å². The molecule has 224 valence electrons. The Hall–Kier alpha value is -4.60. The van der Waals surface area contributed by atoms with Crippen LogP contribution in [-0.4, -0.2) is 45.0 Å². The number of hydrogen-bond donors (Lipinski definition) is 3. The number of benzene rings is 2. The molecule has 10 heteroatoms. The predicted octanol–water partition coefficient (Wildman–Crippen LogP) is 6.53. The second-order valence-corrected chi connectivity index (χ2v) is 11.2. The molecule has 1 saturated heterocycles. The van der Waals surface area contributed by atoms with Crippen LogP contribution < -0.4 is 20.7 Å². The fourth-order valence-corrected chi connectivity index (χ4v) is 5.85. The molecule has 0 saturated carbocycles. The van der Waals surface area contributed by atoms with E-state index >= 15 is 0 Å². The van der Waals surface area contributed by atoms with Crippen molar-refractivity contribution in [1.29, 1.82) is 0 Å². The van der Waals surface area contributed by atoms with Crippen LogP contribution in [0.15, 0.2) is 66.9 Å². The fourth-order valence-electron chi connectivity index (χ4n) is 5.53. The number of nitrogens with zero attached hydrogens (tertiary/aromatic N) is 4. The van der Waals surface area contributed by atoms with Gasteiger partial charge in [-0.05, 0) is 62.6 Å². The summed E-state index contributed by atoms with van der Waals surface area (Å²) in [4.78, 5) is 30.0. The number of aromatic nitrogens is 4. The minimum atomic E-state index is 0.113. The zero-order valence-electron chi connectivity index (χ0n) is 24.9. The second kappa shape index (κ2) is 13.0. The van der Waals surface area contributed by atoms with Crippen molar-refractivity contribution in [3.8, 4) is 28.3 Å². The Morgan fingerprint density at radius 1 is 0.977 bits per heavy atom. The summed E-state index contributed by atoms with van der Waals surface area (Å²) >= 11 is 7.12. The van der Waals surface area contributed by atoms with Crippen LogP contribution >= 0.6 is 11.6 Å². The number of aryl methyl sites for hydroxylation is 1. The van der Waals surface area contributed by atoms with Crippen molar-refractivity contribution < 1.29 is 9.53 Å². The van der Waals surface area contributed by atoms with Gasteiger partial charge in [-0.15, -0.1) is 0 Å². The maximum absolute atomic E-state index is 11.5. The average Bonchev–Trinajstić information content (AvgIpc) is 3.44.